The van der Waals surface area contributed by atoms with Gasteiger partial charge < -0.3 is 50.2 Å². The number of fused-ring (bicyclic) bond motifs is 1. The Labute approximate surface area is 308 Å². The van der Waals surface area contributed by atoms with Crippen molar-refractivity contribution in [2.24, 2.45) is 40.5 Å². The van der Waals surface area contributed by atoms with Gasteiger partial charge in [-0.05, 0) is 88.0 Å². The van der Waals surface area contributed by atoms with E-state index < -0.39 is 48.4 Å². The molecule has 292 valence electrons. The minimum absolute atomic E-state index is 0.0202. The number of carbonyl (C=O) groups is 1. The van der Waals surface area contributed by atoms with Crippen LogP contribution in [0.1, 0.15) is 96.8 Å². The summed E-state index contributed by atoms with van der Waals surface area (Å²) >= 11 is 0. The van der Waals surface area contributed by atoms with Gasteiger partial charge in [-0.3, -0.25) is 0 Å². The van der Waals surface area contributed by atoms with E-state index in [0.29, 0.717) is 50.2 Å². The van der Waals surface area contributed by atoms with E-state index in [4.69, 9.17) is 14.2 Å². The summed E-state index contributed by atoms with van der Waals surface area (Å²) in [7, 11) is 0. The second-order valence-electron chi connectivity index (χ2n) is 16.8. The minimum Gasteiger partial charge on any atom is -0.479 e. The van der Waals surface area contributed by atoms with Crippen molar-refractivity contribution in [1.82, 2.24) is 5.32 Å². The van der Waals surface area contributed by atoms with E-state index in [2.05, 4.69) is 29.4 Å². The first-order chi connectivity index (χ1) is 25.0. The Kier molecular flexibility index (Phi) is 13.9. The number of hydrogen-bond donors (Lipinski definition) is 7. The van der Waals surface area contributed by atoms with Crippen molar-refractivity contribution in [3.05, 3.63) is 30.3 Å². The number of aliphatic imine (C=N–C) groups is 1. The molecule has 3 saturated carbocycles. The Balaban J connectivity index is 1.09. The van der Waals surface area contributed by atoms with Crippen LogP contribution in [0.2, 0.25) is 0 Å². The van der Waals surface area contributed by atoms with Crippen LogP contribution in [0.3, 0.4) is 0 Å². The molecule has 12 atom stereocenters. The van der Waals surface area contributed by atoms with E-state index in [9.17, 15) is 35.4 Å². The van der Waals surface area contributed by atoms with Gasteiger partial charge in [-0.1, -0.05) is 38.3 Å². The lowest BCUT2D eigenvalue weighted by molar-refractivity contribution is -0.345. The zero-order chi connectivity index (χ0) is 36.8. The van der Waals surface area contributed by atoms with Crippen LogP contribution in [-0.4, -0.2) is 117 Å². The molecule has 2 saturated heterocycles. The Bertz CT molecular complexity index is 1250. The number of aliphatic hydroxyl groups excluding tert-OH is 4. The molecule has 0 aromatic rings. The molecule has 12 heteroatoms. The van der Waals surface area contributed by atoms with Gasteiger partial charge in [0, 0.05) is 31.2 Å². The molecule has 0 aromatic heterocycles. The summed E-state index contributed by atoms with van der Waals surface area (Å²) in [6.45, 7) is 4.71. The number of aliphatic hydroxyl groups is 5. The van der Waals surface area contributed by atoms with Crippen LogP contribution in [0.5, 0.6) is 0 Å². The molecular formula is C40H63N2O10+. The van der Waals surface area contributed by atoms with Gasteiger partial charge in [-0.15, -0.1) is 4.99 Å². The van der Waals surface area contributed by atoms with E-state index in [-0.39, 0.29) is 36.5 Å². The SMILES string of the molecule is CC(CC=CC1CCCCC1)C(CNCC1(O)C(OC2CCC3C(C2)OCC(C2CCC(O)CC2)C3O)OC(C(=O)O)C(O)C1O)CC1=C[CH+]N=C1. The first-order valence-corrected chi connectivity index (χ1v) is 20.1. The van der Waals surface area contributed by atoms with Gasteiger partial charge in [0.25, 0.3) is 0 Å². The third kappa shape index (κ3) is 9.49. The smallest absolute Gasteiger partial charge is 0.335 e. The van der Waals surface area contributed by atoms with Crippen molar-refractivity contribution in [3.63, 3.8) is 0 Å². The highest BCUT2D eigenvalue weighted by Gasteiger charge is 2.58. The average molecular weight is 732 g/mol. The average Bonchev–Trinajstić information content (AvgIpc) is 3.66. The zero-order valence-electron chi connectivity index (χ0n) is 30.8. The number of allylic oxidation sites excluding steroid dienone is 3. The molecule has 0 aromatic carbocycles. The highest BCUT2D eigenvalue weighted by Crippen LogP contribution is 2.44. The lowest BCUT2D eigenvalue weighted by atomic mass is 9.69. The number of rotatable bonds is 14. The van der Waals surface area contributed by atoms with E-state index in [1.807, 2.05) is 12.3 Å². The van der Waals surface area contributed by atoms with Crippen molar-refractivity contribution < 1.29 is 49.6 Å². The van der Waals surface area contributed by atoms with Crippen molar-refractivity contribution in [1.29, 1.82) is 0 Å². The third-order valence-electron chi connectivity index (χ3n) is 13.2. The van der Waals surface area contributed by atoms with Crippen LogP contribution in [0.4, 0.5) is 0 Å². The van der Waals surface area contributed by atoms with Crippen LogP contribution in [0.25, 0.3) is 0 Å². The van der Waals surface area contributed by atoms with E-state index in [1.165, 1.54) is 32.1 Å². The number of nitrogens with one attached hydrogen (secondary N) is 1. The maximum atomic E-state index is 12.1. The van der Waals surface area contributed by atoms with Crippen molar-refractivity contribution >= 4 is 12.2 Å². The molecule has 0 spiro atoms. The molecule has 0 radical (unpaired) electrons. The lowest BCUT2D eigenvalue weighted by Crippen LogP contribution is -2.71. The number of hydrogen-bond acceptors (Lipinski definition) is 11. The molecule has 7 N–H and O–H groups in total. The normalized spacial score (nSPS) is 41.3. The van der Waals surface area contributed by atoms with Crippen LogP contribution in [0.15, 0.2) is 28.8 Å². The predicted octanol–water partition coefficient (Wildman–Crippen LogP) is 3.29. The fourth-order valence-electron chi connectivity index (χ4n) is 9.75. The van der Waals surface area contributed by atoms with E-state index >= 15 is 0 Å². The Hall–Kier alpha value is -1.87. The Morgan fingerprint density at radius 3 is 2.54 bits per heavy atom. The Morgan fingerprint density at radius 1 is 1.06 bits per heavy atom. The van der Waals surface area contributed by atoms with E-state index in [1.54, 1.807) is 6.54 Å². The number of nitrogens with zero attached hydrogens (tertiary/aromatic N) is 1. The van der Waals surface area contributed by atoms with E-state index in [0.717, 1.165) is 44.1 Å². The van der Waals surface area contributed by atoms with Gasteiger partial charge in [0.2, 0.25) is 0 Å². The van der Waals surface area contributed by atoms with Crippen molar-refractivity contribution in [3.8, 4) is 0 Å². The molecule has 3 aliphatic heterocycles. The summed E-state index contributed by atoms with van der Waals surface area (Å²) in [5.41, 5.74) is -1.03. The molecule has 3 heterocycles. The fourth-order valence-corrected chi connectivity index (χ4v) is 9.75. The van der Waals surface area contributed by atoms with Crippen LogP contribution < -0.4 is 5.32 Å². The molecule has 12 nitrogen and oxygen atoms in total. The van der Waals surface area contributed by atoms with Crippen LogP contribution in [0, 0.1) is 42.1 Å². The maximum absolute atomic E-state index is 12.1. The highest BCUT2D eigenvalue weighted by molar-refractivity contribution is 5.82. The van der Waals surface area contributed by atoms with Gasteiger partial charge in [0.05, 0.1) is 37.1 Å². The molecular weight excluding hydrogens is 668 g/mol. The quantitative estimate of drug-likeness (QED) is 0.103. The topological polar surface area (TPSA) is 191 Å². The summed E-state index contributed by atoms with van der Waals surface area (Å²) < 4.78 is 18.4. The second kappa shape index (κ2) is 18.2. The third-order valence-corrected chi connectivity index (χ3v) is 13.2. The largest absolute Gasteiger partial charge is 0.479 e. The van der Waals surface area contributed by atoms with Gasteiger partial charge in [0.15, 0.2) is 24.2 Å². The second-order valence-corrected chi connectivity index (χ2v) is 16.8. The molecule has 12 unspecified atom stereocenters. The highest BCUT2D eigenvalue weighted by atomic mass is 16.7. The number of carboxylic acid groups (broad SMARTS) is 1. The first kappa shape index (κ1) is 39.8. The zero-order valence-corrected chi connectivity index (χ0v) is 30.8. The van der Waals surface area contributed by atoms with Gasteiger partial charge in [-0.25, -0.2) is 4.79 Å². The predicted molar refractivity (Wildman–Crippen MR) is 194 cm³/mol. The summed E-state index contributed by atoms with van der Waals surface area (Å²) in [5, 5.41) is 68.6. The molecule has 0 bridgehead atoms. The van der Waals surface area contributed by atoms with Gasteiger partial charge >= 0.3 is 5.97 Å². The monoisotopic (exact) mass is 731 g/mol. The summed E-state index contributed by atoms with van der Waals surface area (Å²) in [4.78, 5) is 16.3. The fraction of sp³-hybridized carbons (Fsp3) is 0.825. The molecule has 5 fully saturated rings. The van der Waals surface area contributed by atoms with Gasteiger partial charge in [-0.2, -0.15) is 0 Å². The number of carboxylic acids is 1. The van der Waals surface area contributed by atoms with Crippen molar-refractivity contribution in [2.75, 3.05) is 19.7 Å². The van der Waals surface area contributed by atoms with Crippen LogP contribution >= 0.6 is 0 Å². The number of aliphatic carboxylic acids is 1. The molecule has 0 amide bonds. The molecule has 52 heavy (non-hydrogen) atoms. The standard InChI is InChI=1S/C40H62N2O10/c1-24(6-5-9-25-7-3-2-4-8-25)28(18-26-16-17-41-20-26)21-42-23-40(49)37(46)35(45)36(38(47)48)52-39(40)51-30-14-15-31-33(19-30)50-22-32(34(31)44)27-10-12-29(43)13-11-27/h5,9,16-17,20,24-25,27-37,39,42-46,49H,2-4,6-8,10-15,18-19,21-23H2,1H3/p+1. The molecule has 6 rings (SSSR count). The summed E-state index contributed by atoms with van der Waals surface area (Å²) in [6, 6.07) is 0. The molecule has 3 aliphatic carbocycles. The van der Waals surface area contributed by atoms with Crippen molar-refractivity contribution in [2.45, 2.75) is 151 Å². The minimum atomic E-state index is -2.15. The lowest BCUT2D eigenvalue weighted by Gasteiger charge is -2.50. The number of ether oxygens (including phenoxy) is 3. The first-order valence-electron chi connectivity index (χ1n) is 20.1. The summed E-state index contributed by atoms with van der Waals surface area (Å²) in [5.74, 6) is -0.0982. The molecule has 6 aliphatic rings. The van der Waals surface area contributed by atoms with Crippen LogP contribution in [-0.2, 0) is 19.0 Å². The Morgan fingerprint density at radius 2 is 1.83 bits per heavy atom. The van der Waals surface area contributed by atoms with Gasteiger partial charge in [0.1, 0.15) is 24.3 Å². The summed E-state index contributed by atoms with van der Waals surface area (Å²) in [6.07, 6.45) is 12.8. The maximum Gasteiger partial charge on any atom is 0.335 e.